The molecule has 1 amide bonds. The molecule has 1 aromatic heterocycles. The molecule has 0 aliphatic heterocycles. The van der Waals surface area contributed by atoms with Gasteiger partial charge in [0.25, 0.3) is 5.91 Å². The largest absolute Gasteiger partial charge is 0.507 e. The van der Waals surface area contributed by atoms with Crippen molar-refractivity contribution in [1.29, 1.82) is 0 Å². The van der Waals surface area contributed by atoms with Crippen LogP contribution in [0.5, 0.6) is 5.75 Å². The highest BCUT2D eigenvalue weighted by Gasteiger charge is 2.30. The summed E-state index contributed by atoms with van der Waals surface area (Å²) in [5, 5.41) is 20.4. The minimum absolute atomic E-state index is 0.0750. The fourth-order valence-corrected chi connectivity index (χ4v) is 2.96. The fraction of sp³-hybridized carbons (Fsp3) is 0.0455. The first-order valence-electron chi connectivity index (χ1n) is 9.21. The van der Waals surface area contributed by atoms with Gasteiger partial charge in [-0.15, -0.1) is 5.10 Å². The molecule has 1 heterocycles. The predicted molar refractivity (Wildman–Crippen MR) is 108 cm³/mol. The molecule has 10 heteroatoms. The molecule has 0 aliphatic rings. The van der Waals surface area contributed by atoms with Crippen LogP contribution in [0.25, 0.3) is 16.9 Å². The quantitative estimate of drug-likeness (QED) is 0.434. The molecule has 4 rings (SSSR count). The number of alkyl halides is 3. The first kappa shape index (κ1) is 21.0. The molecule has 2 N–H and O–H groups in total. The zero-order valence-electron chi connectivity index (χ0n) is 16.1. The Hall–Kier alpha value is -4.21. The molecule has 0 radical (unpaired) electrons. The maximum absolute atomic E-state index is 13.1. The number of rotatable bonds is 4. The summed E-state index contributed by atoms with van der Waals surface area (Å²) in [7, 11) is 0. The average molecular weight is 442 g/mol. The number of nitrogens with zero attached hydrogens (tertiary/aromatic N) is 3. The van der Waals surface area contributed by atoms with Crippen LogP contribution in [0.1, 0.15) is 15.9 Å². The van der Waals surface area contributed by atoms with E-state index in [0.29, 0.717) is 16.9 Å². The third kappa shape index (κ3) is 4.43. The van der Waals surface area contributed by atoms with Crippen LogP contribution in [-0.2, 0) is 6.18 Å². The second-order valence-electron chi connectivity index (χ2n) is 6.79. The van der Waals surface area contributed by atoms with Gasteiger partial charge < -0.3 is 10.4 Å². The van der Waals surface area contributed by atoms with E-state index in [1.165, 1.54) is 59.3 Å². The number of amides is 1. The lowest BCUT2D eigenvalue weighted by Gasteiger charge is -2.11. The van der Waals surface area contributed by atoms with Gasteiger partial charge in [-0.3, -0.25) is 4.79 Å². The topological polar surface area (TPSA) is 80.0 Å². The fourth-order valence-electron chi connectivity index (χ4n) is 2.96. The Morgan fingerprint density at radius 2 is 1.75 bits per heavy atom. The van der Waals surface area contributed by atoms with E-state index in [4.69, 9.17) is 0 Å². The van der Waals surface area contributed by atoms with E-state index >= 15 is 0 Å². The summed E-state index contributed by atoms with van der Waals surface area (Å²) in [6.45, 7) is 0. The molecule has 0 saturated carbocycles. The van der Waals surface area contributed by atoms with Crippen molar-refractivity contribution in [3.63, 3.8) is 0 Å². The minimum atomic E-state index is -4.56. The molecular weight excluding hydrogens is 428 g/mol. The van der Waals surface area contributed by atoms with Crippen LogP contribution >= 0.6 is 0 Å². The summed E-state index contributed by atoms with van der Waals surface area (Å²) in [4.78, 5) is 12.6. The van der Waals surface area contributed by atoms with Gasteiger partial charge >= 0.3 is 6.18 Å². The van der Waals surface area contributed by atoms with Crippen molar-refractivity contribution in [3.05, 3.63) is 89.9 Å². The van der Waals surface area contributed by atoms with Gasteiger partial charge in [-0.05, 0) is 60.7 Å². The first-order chi connectivity index (χ1) is 15.2. The van der Waals surface area contributed by atoms with Crippen molar-refractivity contribution in [1.82, 2.24) is 15.0 Å². The van der Waals surface area contributed by atoms with E-state index in [-0.39, 0.29) is 17.0 Å². The number of aromatic hydroxyl groups is 1. The summed E-state index contributed by atoms with van der Waals surface area (Å²) in [5.41, 5.74) is 0.293. The normalized spacial score (nSPS) is 11.4. The molecule has 162 valence electrons. The number of phenolic OH excluding ortho intramolecular Hbond substituents is 1. The number of hydrogen-bond acceptors (Lipinski definition) is 4. The van der Waals surface area contributed by atoms with Crippen LogP contribution in [0.3, 0.4) is 0 Å². The van der Waals surface area contributed by atoms with Crippen LogP contribution in [-0.4, -0.2) is 26.0 Å². The molecule has 32 heavy (non-hydrogen) atoms. The number of halogens is 4. The van der Waals surface area contributed by atoms with Crippen molar-refractivity contribution >= 4 is 11.6 Å². The number of phenols is 1. The Labute approximate surface area is 178 Å². The monoisotopic (exact) mass is 442 g/mol. The number of carbonyl (C=O) groups is 1. The van der Waals surface area contributed by atoms with E-state index in [0.717, 1.165) is 12.1 Å². The number of benzene rings is 3. The first-order valence-corrected chi connectivity index (χ1v) is 9.21. The van der Waals surface area contributed by atoms with Gasteiger partial charge in [0.05, 0.1) is 23.0 Å². The third-order valence-electron chi connectivity index (χ3n) is 4.57. The number of hydrogen-bond donors (Lipinski definition) is 2. The standard InChI is InChI=1S/C22H14F4N4O2/c23-15-6-4-13(5-7-15)19-12-30(29-28-19)17-8-9-20(31)18(11-17)21(32)27-16-3-1-2-14(10-16)22(24,25)26/h1-12,31H,(H,27,32). The van der Waals surface area contributed by atoms with Crippen molar-refractivity contribution in [2.75, 3.05) is 5.32 Å². The Kier molecular flexibility index (Phi) is 5.35. The second kappa shape index (κ2) is 8.14. The summed E-state index contributed by atoms with van der Waals surface area (Å²) in [6, 6.07) is 13.9. The highest BCUT2D eigenvalue weighted by Crippen LogP contribution is 2.31. The van der Waals surface area contributed by atoms with Crippen molar-refractivity contribution in [3.8, 4) is 22.7 Å². The lowest BCUT2D eigenvalue weighted by atomic mass is 10.1. The van der Waals surface area contributed by atoms with E-state index in [9.17, 15) is 27.5 Å². The van der Waals surface area contributed by atoms with Crippen LogP contribution < -0.4 is 5.32 Å². The Morgan fingerprint density at radius 1 is 1.00 bits per heavy atom. The average Bonchev–Trinajstić information content (AvgIpc) is 3.24. The Balaban J connectivity index is 1.59. The number of anilines is 1. The summed E-state index contributed by atoms with van der Waals surface area (Å²) < 4.78 is 53.1. The molecule has 0 fully saturated rings. The zero-order valence-corrected chi connectivity index (χ0v) is 16.1. The molecule has 0 aliphatic carbocycles. The Morgan fingerprint density at radius 3 is 2.47 bits per heavy atom. The van der Waals surface area contributed by atoms with E-state index in [2.05, 4.69) is 15.6 Å². The molecule has 0 atom stereocenters. The molecule has 0 unspecified atom stereocenters. The van der Waals surface area contributed by atoms with Crippen molar-refractivity contribution < 1.29 is 27.5 Å². The van der Waals surface area contributed by atoms with E-state index < -0.39 is 23.5 Å². The van der Waals surface area contributed by atoms with Gasteiger partial charge in [0.1, 0.15) is 17.3 Å². The number of carbonyl (C=O) groups excluding carboxylic acids is 1. The van der Waals surface area contributed by atoms with Gasteiger partial charge in [-0.2, -0.15) is 13.2 Å². The van der Waals surface area contributed by atoms with Crippen LogP contribution in [0.15, 0.2) is 72.9 Å². The summed E-state index contributed by atoms with van der Waals surface area (Å²) in [6.07, 6.45) is -3.01. The van der Waals surface area contributed by atoms with Gasteiger partial charge in [-0.25, -0.2) is 9.07 Å². The molecule has 0 bridgehead atoms. The van der Waals surface area contributed by atoms with Crippen LogP contribution in [0.4, 0.5) is 23.2 Å². The molecule has 0 saturated heterocycles. The SMILES string of the molecule is O=C(Nc1cccc(C(F)(F)F)c1)c1cc(-n2cc(-c3ccc(F)cc3)nn2)ccc1O. The van der Waals surface area contributed by atoms with Gasteiger partial charge in [-0.1, -0.05) is 11.3 Å². The van der Waals surface area contributed by atoms with Gasteiger partial charge in [0.15, 0.2) is 0 Å². The van der Waals surface area contributed by atoms with Crippen LogP contribution in [0, 0.1) is 5.82 Å². The van der Waals surface area contributed by atoms with Gasteiger partial charge in [0.2, 0.25) is 0 Å². The maximum atomic E-state index is 13.1. The predicted octanol–water partition coefficient (Wildman–Crippen LogP) is 5.05. The van der Waals surface area contributed by atoms with Gasteiger partial charge in [0, 0.05) is 11.3 Å². The highest BCUT2D eigenvalue weighted by molar-refractivity contribution is 6.06. The lowest BCUT2D eigenvalue weighted by molar-refractivity contribution is -0.137. The van der Waals surface area contributed by atoms with E-state index in [1.807, 2.05) is 0 Å². The van der Waals surface area contributed by atoms with Crippen molar-refractivity contribution in [2.24, 2.45) is 0 Å². The van der Waals surface area contributed by atoms with Crippen molar-refractivity contribution in [2.45, 2.75) is 6.18 Å². The smallest absolute Gasteiger partial charge is 0.416 e. The molecule has 6 nitrogen and oxygen atoms in total. The zero-order chi connectivity index (χ0) is 22.9. The van der Waals surface area contributed by atoms with E-state index in [1.54, 1.807) is 6.20 Å². The number of nitrogens with one attached hydrogen (secondary N) is 1. The molecule has 3 aromatic carbocycles. The highest BCUT2D eigenvalue weighted by atomic mass is 19.4. The Bertz CT molecular complexity index is 1280. The van der Waals surface area contributed by atoms with Crippen LogP contribution in [0.2, 0.25) is 0 Å². The third-order valence-corrected chi connectivity index (χ3v) is 4.57. The molecular formula is C22H14F4N4O2. The summed E-state index contributed by atoms with van der Waals surface area (Å²) >= 11 is 0. The number of aromatic nitrogens is 3. The molecule has 0 spiro atoms. The second-order valence-corrected chi connectivity index (χ2v) is 6.79. The maximum Gasteiger partial charge on any atom is 0.416 e. The summed E-state index contributed by atoms with van der Waals surface area (Å²) in [5.74, 6) is -1.56. The minimum Gasteiger partial charge on any atom is -0.507 e. The molecule has 4 aromatic rings. The lowest BCUT2D eigenvalue weighted by Crippen LogP contribution is -2.14.